The van der Waals surface area contributed by atoms with E-state index in [9.17, 15) is 9.59 Å². The van der Waals surface area contributed by atoms with Crippen molar-refractivity contribution in [2.45, 2.75) is 76.7 Å². The number of amides is 2. The lowest BCUT2D eigenvalue weighted by atomic mass is 9.95. The fourth-order valence-electron chi connectivity index (χ4n) is 3.46. The molecule has 1 N–H and O–H groups in total. The molecule has 1 heterocycles. The molecule has 1 saturated heterocycles. The SMILES string of the molecule is CCCCCCCN1CCC(=O)NC2(CCCC2)C1=O. The van der Waals surface area contributed by atoms with E-state index in [0.29, 0.717) is 13.0 Å². The molecule has 4 nitrogen and oxygen atoms in total. The Kier molecular flexibility index (Phi) is 5.44. The molecule has 0 aromatic heterocycles. The molecule has 0 atom stereocenters. The molecule has 1 aliphatic heterocycles. The molecule has 0 unspecified atom stereocenters. The smallest absolute Gasteiger partial charge is 0.248 e. The van der Waals surface area contributed by atoms with Crippen LogP contribution in [0.2, 0.25) is 0 Å². The predicted octanol–water partition coefficient (Wildman–Crippen LogP) is 2.62. The highest BCUT2D eigenvalue weighted by Gasteiger charge is 2.46. The van der Waals surface area contributed by atoms with Crippen LogP contribution in [0.15, 0.2) is 0 Å². The fraction of sp³-hybridized carbons (Fsp3) is 0.875. The van der Waals surface area contributed by atoms with Gasteiger partial charge in [-0.2, -0.15) is 0 Å². The maximum Gasteiger partial charge on any atom is 0.248 e. The summed E-state index contributed by atoms with van der Waals surface area (Å²) < 4.78 is 0. The van der Waals surface area contributed by atoms with Crippen molar-refractivity contribution in [3.05, 3.63) is 0 Å². The first-order valence-corrected chi connectivity index (χ1v) is 8.28. The van der Waals surface area contributed by atoms with Gasteiger partial charge in [-0.25, -0.2) is 0 Å². The Hall–Kier alpha value is -1.06. The number of carbonyl (C=O) groups is 2. The fourth-order valence-corrected chi connectivity index (χ4v) is 3.46. The highest BCUT2D eigenvalue weighted by atomic mass is 16.2. The molecular formula is C16H28N2O2. The summed E-state index contributed by atoms with van der Waals surface area (Å²) in [6.45, 7) is 3.62. The van der Waals surface area contributed by atoms with Gasteiger partial charge in [-0.15, -0.1) is 0 Å². The van der Waals surface area contributed by atoms with E-state index in [0.717, 1.165) is 38.6 Å². The van der Waals surface area contributed by atoms with Crippen LogP contribution >= 0.6 is 0 Å². The average Bonchev–Trinajstić information content (AvgIpc) is 2.86. The monoisotopic (exact) mass is 280 g/mol. The van der Waals surface area contributed by atoms with Crippen molar-refractivity contribution >= 4 is 11.8 Å². The van der Waals surface area contributed by atoms with Crippen molar-refractivity contribution in [1.82, 2.24) is 10.2 Å². The van der Waals surface area contributed by atoms with E-state index in [4.69, 9.17) is 0 Å². The maximum absolute atomic E-state index is 12.7. The van der Waals surface area contributed by atoms with Crippen molar-refractivity contribution in [3.8, 4) is 0 Å². The van der Waals surface area contributed by atoms with E-state index in [1.807, 2.05) is 4.90 Å². The van der Waals surface area contributed by atoms with Crippen LogP contribution in [0.3, 0.4) is 0 Å². The van der Waals surface area contributed by atoms with Crippen LogP contribution in [-0.2, 0) is 9.59 Å². The van der Waals surface area contributed by atoms with Crippen molar-refractivity contribution in [2.75, 3.05) is 13.1 Å². The average molecular weight is 280 g/mol. The number of rotatable bonds is 6. The van der Waals surface area contributed by atoms with Crippen LogP contribution in [0.4, 0.5) is 0 Å². The van der Waals surface area contributed by atoms with Gasteiger partial charge in [0.25, 0.3) is 0 Å². The minimum Gasteiger partial charge on any atom is -0.342 e. The zero-order valence-corrected chi connectivity index (χ0v) is 12.7. The topological polar surface area (TPSA) is 49.4 Å². The minimum absolute atomic E-state index is 0.0498. The molecule has 0 aromatic rings. The highest BCUT2D eigenvalue weighted by Crippen LogP contribution is 2.33. The molecule has 20 heavy (non-hydrogen) atoms. The maximum atomic E-state index is 12.7. The molecule has 1 saturated carbocycles. The Balaban J connectivity index is 1.90. The first kappa shape index (κ1) is 15.3. The van der Waals surface area contributed by atoms with Gasteiger partial charge in [0.2, 0.25) is 11.8 Å². The number of nitrogens with one attached hydrogen (secondary N) is 1. The molecule has 2 amide bonds. The van der Waals surface area contributed by atoms with Gasteiger partial charge < -0.3 is 10.2 Å². The molecule has 4 heteroatoms. The van der Waals surface area contributed by atoms with E-state index in [-0.39, 0.29) is 11.8 Å². The van der Waals surface area contributed by atoms with Gasteiger partial charge in [0.1, 0.15) is 5.54 Å². The van der Waals surface area contributed by atoms with Gasteiger partial charge in [-0.1, -0.05) is 45.4 Å². The van der Waals surface area contributed by atoms with E-state index < -0.39 is 5.54 Å². The van der Waals surface area contributed by atoms with Gasteiger partial charge in [-0.05, 0) is 19.3 Å². The van der Waals surface area contributed by atoms with Crippen LogP contribution in [0.1, 0.15) is 71.1 Å². The largest absolute Gasteiger partial charge is 0.342 e. The molecule has 114 valence electrons. The number of unbranched alkanes of at least 4 members (excludes halogenated alkanes) is 4. The van der Waals surface area contributed by atoms with E-state index in [2.05, 4.69) is 12.2 Å². The van der Waals surface area contributed by atoms with Crippen LogP contribution in [0.5, 0.6) is 0 Å². The standard InChI is InChI=1S/C16H28N2O2/c1-2-3-4-5-8-12-18-13-9-14(19)17-16(15(18)20)10-6-7-11-16/h2-13H2,1H3,(H,17,19). The highest BCUT2D eigenvalue weighted by molar-refractivity contribution is 5.93. The molecule has 2 fully saturated rings. The molecule has 1 spiro atoms. The predicted molar refractivity (Wildman–Crippen MR) is 79.3 cm³/mol. The van der Waals surface area contributed by atoms with Crippen molar-refractivity contribution < 1.29 is 9.59 Å². The zero-order valence-electron chi connectivity index (χ0n) is 12.7. The summed E-state index contributed by atoms with van der Waals surface area (Å²) in [5.41, 5.74) is -0.559. The van der Waals surface area contributed by atoms with Gasteiger partial charge >= 0.3 is 0 Å². The van der Waals surface area contributed by atoms with E-state index in [1.165, 1.54) is 25.7 Å². The van der Waals surface area contributed by atoms with Crippen molar-refractivity contribution in [3.63, 3.8) is 0 Å². The molecule has 2 rings (SSSR count). The third-order valence-corrected chi connectivity index (χ3v) is 4.67. The Morgan fingerprint density at radius 3 is 2.50 bits per heavy atom. The van der Waals surface area contributed by atoms with Gasteiger partial charge in [0, 0.05) is 19.5 Å². The molecule has 2 aliphatic rings. The van der Waals surface area contributed by atoms with E-state index in [1.54, 1.807) is 0 Å². The van der Waals surface area contributed by atoms with Crippen molar-refractivity contribution in [2.24, 2.45) is 0 Å². The number of hydrogen-bond acceptors (Lipinski definition) is 2. The lowest BCUT2D eigenvalue weighted by Crippen LogP contribution is -2.55. The Labute approximate surface area is 122 Å². The molecule has 1 aliphatic carbocycles. The summed E-state index contributed by atoms with van der Waals surface area (Å²) in [5, 5.41) is 3.01. The summed E-state index contributed by atoms with van der Waals surface area (Å²) in [5.74, 6) is 0.227. The normalized spacial score (nSPS) is 22.1. The number of carbonyl (C=O) groups excluding carboxylic acids is 2. The van der Waals surface area contributed by atoms with Crippen molar-refractivity contribution in [1.29, 1.82) is 0 Å². The summed E-state index contributed by atoms with van der Waals surface area (Å²) >= 11 is 0. The first-order chi connectivity index (χ1) is 9.68. The first-order valence-electron chi connectivity index (χ1n) is 8.28. The Morgan fingerprint density at radius 2 is 1.80 bits per heavy atom. The van der Waals surface area contributed by atoms with Crippen LogP contribution in [0, 0.1) is 0 Å². The Morgan fingerprint density at radius 1 is 1.10 bits per heavy atom. The lowest BCUT2D eigenvalue weighted by Gasteiger charge is -2.31. The van der Waals surface area contributed by atoms with Gasteiger partial charge in [0.05, 0.1) is 0 Å². The second-order valence-corrected chi connectivity index (χ2v) is 6.29. The quantitative estimate of drug-likeness (QED) is 0.760. The second-order valence-electron chi connectivity index (χ2n) is 6.29. The molecule has 0 aromatic carbocycles. The minimum atomic E-state index is -0.559. The zero-order chi connectivity index (χ0) is 14.4. The third-order valence-electron chi connectivity index (χ3n) is 4.67. The van der Waals surface area contributed by atoms with Gasteiger partial charge in [-0.3, -0.25) is 9.59 Å². The van der Waals surface area contributed by atoms with Gasteiger partial charge in [0.15, 0.2) is 0 Å². The summed E-state index contributed by atoms with van der Waals surface area (Å²) in [6, 6.07) is 0. The summed E-state index contributed by atoms with van der Waals surface area (Å²) in [6.07, 6.45) is 10.2. The van der Waals surface area contributed by atoms with Crippen LogP contribution in [-0.4, -0.2) is 35.3 Å². The Bertz CT molecular complexity index is 348. The molecular weight excluding hydrogens is 252 g/mol. The van der Waals surface area contributed by atoms with Crippen LogP contribution in [0.25, 0.3) is 0 Å². The van der Waals surface area contributed by atoms with E-state index >= 15 is 0 Å². The summed E-state index contributed by atoms with van der Waals surface area (Å²) in [4.78, 5) is 26.5. The number of hydrogen-bond donors (Lipinski definition) is 1. The summed E-state index contributed by atoms with van der Waals surface area (Å²) in [7, 11) is 0. The number of nitrogens with zero attached hydrogens (tertiary/aromatic N) is 1. The molecule has 0 bridgehead atoms. The third kappa shape index (κ3) is 3.53. The lowest BCUT2D eigenvalue weighted by molar-refractivity contribution is -0.138. The molecule has 0 radical (unpaired) electrons. The van der Waals surface area contributed by atoms with Crippen LogP contribution < -0.4 is 5.32 Å². The second kappa shape index (κ2) is 7.09.